The number of nitrogens with one attached hydrogen (secondary N) is 1. The van der Waals surface area contributed by atoms with Gasteiger partial charge >= 0.3 is 5.97 Å². The third-order valence-electron chi connectivity index (χ3n) is 3.61. The lowest BCUT2D eigenvalue weighted by Gasteiger charge is -2.28. The third kappa shape index (κ3) is 6.20. The molecule has 18 heavy (non-hydrogen) atoms. The van der Waals surface area contributed by atoms with Crippen LogP contribution in [0.4, 0.5) is 0 Å². The van der Waals surface area contributed by atoms with Gasteiger partial charge in [-0.15, -0.1) is 0 Å². The number of carbonyl (C=O) groups is 1. The van der Waals surface area contributed by atoms with Crippen LogP contribution in [-0.4, -0.2) is 25.2 Å². The van der Waals surface area contributed by atoms with Gasteiger partial charge < -0.3 is 10.1 Å². The van der Waals surface area contributed by atoms with Crippen LogP contribution in [0.2, 0.25) is 0 Å². The molecule has 0 aromatic heterocycles. The number of ether oxygens (including phenoxy) is 1. The number of hydrogen-bond donors (Lipinski definition) is 1. The van der Waals surface area contributed by atoms with Gasteiger partial charge in [-0.3, -0.25) is 0 Å². The van der Waals surface area contributed by atoms with Gasteiger partial charge in [0, 0.05) is 18.7 Å². The monoisotopic (exact) mass is 253 g/mol. The van der Waals surface area contributed by atoms with Gasteiger partial charge in [0.05, 0.1) is 6.61 Å². The topological polar surface area (TPSA) is 38.3 Å². The molecule has 104 valence electrons. The zero-order valence-corrected chi connectivity index (χ0v) is 11.8. The molecule has 0 radical (unpaired) electrons. The van der Waals surface area contributed by atoms with Crippen LogP contribution in [0, 0.1) is 5.92 Å². The summed E-state index contributed by atoms with van der Waals surface area (Å²) in [6.07, 6.45) is 11.3. The van der Waals surface area contributed by atoms with Crippen LogP contribution in [0.1, 0.15) is 52.4 Å². The minimum atomic E-state index is -0.244. The van der Waals surface area contributed by atoms with E-state index in [0.29, 0.717) is 12.6 Å². The molecule has 1 rings (SSSR count). The van der Waals surface area contributed by atoms with Gasteiger partial charge in [0.25, 0.3) is 0 Å². The van der Waals surface area contributed by atoms with Crippen molar-refractivity contribution in [3.05, 3.63) is 12.2 Å². The van der Waals surface area contributed by atoms with Crippen molar-refractivity contribution in [2.45, 2.75) is 58.4 Å². The van der Waals surface area contributed by atoms with Crippen LogP contribution in [0.5, 0.6) is 0 Å². The van der Waals surface area contributed by atoms with Crippen LogP contribution >= 0.6 is 0 Å². The first-order chi connectivity index (χ1) is 8.76. The maximum Gasteiger partial charge on any atom is 0.330 e. The van der Waals surface area contributed by atoms with Crippen LogP contribution in [0.3, 0.4) is 0 Å². The zero-order chi connectivity index (χ0) is 13.2. The van der Waals surface area contributed by atoms with Crippen molar-refractivity contribution in [3.63, 3.8) is 0 Å². The molecule has 0 amide bonds. The molecule has 1 saturated carbocycles. The summed E-state index contributed by atoms with van der Waals surface area (Å²) in [5, 5.41) is 3.49. The van der Waals surface area contributed by atoms with Gasteiger partial charge in [-0.25, -0.2) is 4.79 Å². The number of carbonyl (C=O) groups excluding carboxylic acids is 1. The van der Waals surface area contributed by atoms with E-state index in [2.05, 4.69) is 12.2 Å². The van der Waals surface area contributed by atoms with E-state index in [1.54, 1.807) is 0 Å². The van der Waals surface area contributed by atoms with Gasteiger partial charge in [0.1, 0.15) is 0 Å². The SMILES string of the molecule is CCCC1CCC(NC/C=C/C(=O)OCC)CC1. The molecule has 3 nitrogen and oxygen atoms in total. The Morgan fingerprint density at radius 2 is 2.00 bits per heavy atom. The Hall–Kier alpha value is -0.830. The molecule has 0 unspecified atom stereocenters. The standard InChI is InChI=1S/C15H27NO2/c1-3-6-13-8-10-14(11-9-13)16-12-5-7-15(17)18-4-2/h5,7,13-14,16H,3-4,6,8-12H2,1-2H3/b7-5+. The summed E-state index contributed by atoms with van der Waals surface area (Å²) in [6, 6.07) is 0.630. The van der Waals surface area contributed by atoms with Crippen molar-refractivity contribution < 1.29 is 9.53 Å². The Bertz CT molecular complexity index is 255. The van der Waals surface area contributed by atoms with E-state index in [0.717, 1.165) is 12.5 Å². The van der Waals surface area contributed by atoms with Crippen molar-refractivity contribution in [2.24, 2.45) is 5.92 Å². The van der Waals surface area contributed by atoms with Crippen LogP contribution in [0.15, 0.2) is 12.2 Å². The van der Waals surface area contributed by atoms with Gasteiger partial charge in [0.15, 0.2) is 0 Å². The molecule has 1 fully saturated rings. The van der Waals surface area contributed by atoms with Gasteiger partial charge in [-0.05, 0) is 38.5 Å². The summed E-state index contributed by atoms with van der Waals surface area (Å²) in [5.41, 5.74) is 0. The van der Waals surface area contributed by atoms with Crippen LogP contribution < -0.4 is 5.32 Å². The fourth-order valence-electron chi connectivity index (χ4n) is 2.64. The van der Waals surface area contributed by atoms with E-state index in [9.17, 15) is 4.79 Å². The number of esters is 1. The molecule has 3 heteroatoms. The van der Waals surface area contributed by atoms with E-state index >= 15 is 0 Å². The quantitative estimate of drug-likeness (QED) is 0.560. The molecule has 0 aromatic carbocycles. The highest BCUT2D eigenvalue weighted by Gasteiger charge is 2.19. The molecular weight excluding hydrogens is 226 g/mol. The van der Waals surface area contributed by atoms with Crippen molar-refractivity contribution in [2.75, 3.05) is 13.2 Å². The molecule has 0 heterocycles. The lowest BCUT2D eigenvalue weighted by Crippen LogP contribution is -2.33. The second-order valence-corrected chi connectivity index (χ2v) is 5.07. The van der Waals surface area contributed by atoms with E-state index < -0.39 is 0 Å². The maximum absolute atomic E-state index is 11.1. The van der Waals surface area contributed by atoms with Gasteiger partial charge in [-0.1, -0.05) is 25.8 Å². The fourth-order valence-corrected chi connectivity index (χ4v) is 2.64. The fraction of sp³-hybridized carbons (Fsp3) is 0.800. The summed E-state index contributed by atoms with van der Waals surface area (Å²) in [5.74, 6) is 0.703. The Kier molecular flexibility index (Phi) is 7.74. The Labute approximate surface area is 111 Å². The first kappa shape index (κ1) is 15.2. The first-order valence-electron chi connectivity index (χ1n) is 7.32. The average molecular weight is 253 g/mol. The summed E-state index contributed by atoms with van der Waals surface area (Å²) >= 11 is 0. The van der Waals surface area contributed by atoms with Gasteiger partial charge in [0.2, 0.25) is 0 Å². The van der Waals surface area contributed by atoms with Crippen molar-refractivity contribution in [1.29, 1.82) is 0 Å². The molecule has 0 saturated heterocycles. The predicted molar refractivity (Wildman–Crippen MR) is 74.4 cm³/mol. The minimum Gasteiger partial charge on any atom is -0.463 e. The second-order valence-electron chi connectivity index (χ2n) is 5.07. The van der Waals surface area contributed by atoms with E-state index in [-0.39, 0.29) is 5.97 Å². The van der Waals surface area contributed by atoms with Crippen LogP contribution in [0.25, 0.3) is 0 Å². The molecule has 0 bridgehead atoms. The zero-order valence-electron chi connectivity index (χ0n) is 11.8. The van der Waals surface area contributed by atoms with E-state index in [1.165, 1.54) is 44.6 Å². The summed E-state index contributed by atoms with van der Waals surface area (Å²) in [6.45, 7) is 5.29. The Balaban J connectivity index is 2.09. The Morgan fingerprint density at radius 1 is 1.28 bits per heavy atom. The Morgan fingerprint density at radius 3 is 2.61 bits per heavy atom. The molecular formula is C15H27NO2. The molecule has 0 spiro atoms. The van der Waals surface area contributed by atoms with Gasteiger partial charge in [-0.2, -0.15) is 0 Å². The second kappa shape index (κ2) is 9.15. The maximum atomic E-state index is 11.1. The smallest absolute Gasteiger partial charge is 0.330 e. The minimum absolute atomic E-state index is 0.244. The highest BCUT2D eigenvalue weighted by Crippen LogP contribution is 2.27. The molecule has 0 aliphatic heterocycles. The molecule has 0 aromatic rings. The van der Waals surface area contributed by atoms with E-state index in [1.807, 2.05) is 13.0 Å². The first-order valence-corrected chi connectivity index (χ1v) is 7.32. The van der Waals surface area contributed by atoms with E-state index in [4.69, 9.17) is 4.74 Å². The largest absolute Gasteiger partial charge is 0.463 e. The molecule has 1 aliphatic rings. The molecule has 1 aliphatic carbocycles. The molecule has 0 atom stereocenters. The van der Waals surface area contributed by atoms with Crippen molar-refractivity contribution >= 4 is 5.97 Å². The third-order valence-corrected chi connectivity index (χ3v) is 3.61. The average Bonchev–Trinajstić information content (AvgIpc) is 2.37. The number of rotatable bonds is 7. The normalized spacial score (nSPS) is 24.3. The van der Waals surface area contributed by atoms with Crippen molar-refractivity contribution in [1.82, 2.24) is 5.32 Å². The van der Waals surface area contributed by atoms with Crippen molar-refractivity contribution in [3.8, 4) is 0 Å². The highest BCUT2D eigenvalue weighted by molar-refractivity contribution is 5.81. The molecule has 1 N–H and O–H groups in total. The number of hydrogen-bond acceptors (Lipinski definition) is 3. The lowest BCUT2D eigenvalue weighted by atomic mass is 9.83. The predicted octanol–water partition coefficient (Wildman–Crippen LogP) is 3.05. The van der Waals surface area contributed by atoms with Crippen LogP contribution in [-0.2, 0) is 9.53 Å². The summed E-state index contributed by atoms with van der Waals surface area (Å²) in [7, 11) is 0. The summed E-state index contributed by atoms with van der Waals surface area (Å²) < 4.78 is 4.82. The highest BCUT2D eigenvalue weighted by atomic mass is 16.5. The lowest BCUT2D eigenvalue weighted by molar-refractivity contribution is -0.137. The summed E-state index contributed by atoms with van der Waals surface area (Å²) in [4.78, 5) is 11.1.